The van der Waals surface area contributed by atoms with Crippen molar-refractivity contribution in [2.45, 2.75) is 6.92 Å². The molecule has 0 atom stereocenters. The molecular formula is C23H22BrN5O3. The molecule has 2 heterocycles. The molecule has 32 heavy (non-hydrogen) atoms. The second-order valence-electron chi connectivity index (χ2n) is 7.13. The van der Waals surface area contributed by atoms with Crippen LogP contribution >= 0.6 is 15.9 Å². The van der Waals surface area contributed by atoms with Crippen LogP contribution in [0, 0.1) is 6.92 Å². The third-order valence-corrected chi connectivity index (χ3v) is 5.89. The number of carbonyl (C=O) groups excluding carboxylic acids is 1. The van der Waals surface area contributed by atoms with Crippen molar-refractivity contribution >= 4 is 44.5 Å². The van der Waals surface area contributed by atoms with Crippen LogP contribution in [0.3, 0.4) is 0 Å². The number of carbonyl (C=O) groups is 1. The molecule has 0 radical (unpaired) electrons. The Bertz CT molecular complexity index is 1320. The van der Waals surface area contributed by atoms with Crippen molar-refractivity contribution in [2.75, 3.05) is 19.5 Å². The minimum Gasteiger partial charge on any atom is -0.493 e. The van der Waals surface area contributed by atoms with Crippen LogP contribution in [0.4, 0.5) is 11.6 Å². The Morgan fingerprint density at radius 2 is 1.94 bits per heavy atom. The Hall–Kier alpha value is -3.59. The van der Waals surface area contributed by atoms with E-state index in [2.05, 4.69) is 31.5 Å². The maximum Gasteiger partial charge on any atom is 0.269 e. The topological polar surface area (TPSA) is 90.3 Å². The Morgan fingerprint density at radius 1 is 1.12 bits per heavy atom. The summed E-state index contributed by atoms with van der Waals surface area (Å²) in [5, 5.41) is 5.91. The molecule has 0 aliphatic heterocycles. The predicted octanol–water partition coefficient (Wildman–Crippen LogP) is 4.94. The highest BCUT2D eigenvalue weighted by Crippen LogP contribution is 2.36. The molecule has 0 saturated carbocycles. The van der Waals surface area contributed by atoms with E-state index in [4.69, 9.17) is 14.5 Å². The first-order valence-corrected chi connectivity index (χ1v) is 10.6. The molecule has 0 aliphatic carbocycles. The van der Waals surface area contributed by atoms with Gasteiger partial charge in [0.1, 0.15) is 11.4 Å². The molecule has 9 heteroatoms. The third-order valence-electron chi connectivity index (χ3n) is 5.00. The van der Waals surface area contributed by atoms with E-state index in [1.54, 1.807) is 26.3 Å². The average Bonchev–Trinajstić information content (AvgIpc) is 3.09. The van der Waals surface area contributed by atoms with E-state index in [1.165, 1.54) is 6.20 Å². The summed E-state index contributed by atoms with van der Waals surface area (Å²) >= 11 is 3.52. The van der Waals surface area contributed by atoms with Gasteiger partial charge in [-0.05, 0) is 36.8 Å². The van der Waals surface area contributed by atoms with Crippen LogP contribution in [-0.4, -0.2) is 34.6 Å². The number of anilines is 2. The van der Waals surface area contributed by atoms with E-state index in [-0.39, 0.29) is 11.6 Å². The summed E-state index contributed by atoms with van der Waals surface area (Å²) in [6.07, 6.45) is 1.52. The lowest BCUT2D eigenvalue weighted by Gasteiger charge is -2.11. The molecule has 4 rings (SSSR count). The minimum atomic E-state index is -0.290. The van der Waals surface area contributed by atoms with E-state index in [9.17, 15) is 4.79 Å². The van der Waals surface area contributed by atoms with Gasteiger partial charge in [-0.3, -0.25) is 9.78 Å². The summed E-state index contributed by atoms with van der Waals surface area (Å²) < 4.78 is 14.6. The maximum atomic E-state index is 11.9. The van der Waals surface area contributed by atoms with Gasteiger partial charge in [-0.15, -0.1) is 0 Å². The van der Waals surface area contributed by atoms with Gasteiger partial charge < -0.3 is 24.7 Å². The molecule has 0 spiro atoms. The van der Waals surface area contributed by atoms with Gasteiger partial charge in [0.15, 0.2) is 11.5 Å². The lowest BCUT2D eigenvalue weighted by molar-refractivity contribution is 0.0958. The summed E-state index contributed by atoms with van der Waals surface area (Å²) in [5.41, 5.74) is 3.94. The Morgan fingerprint density at radius 3 is 2.66 bits per heavy atom. The van der Waals surface area contributed by atoms with Gasteiger partial charge in [-0.25, -0.2) is 4.98 Å². The van der Waals surface area contributed by atoms with Crippen LogP contribution in [0.25, 0.3) is 11.0 Å². The molecule has 0 bridgehead atoms. The quantitative estimate of drug-likeness (QED) is 0.393. The Kier molecular flexibility index (Phi) is 6.00. The lowest BCUT2D eigenvalue weighted by Crippen LogP contribution is -2.18. The highest BCUT2D eigenvalue weighted by Gasteiger charge is 2.15. The fraction of sp³-hybridized carbons (Fsp3) is 0.174. The molecule has 0 fully saturated rings. The van der Waals surface area contributed by atoms with E-state index in [0.29, 0.717) is 23.2 Å². The van der Waals surface area contributed by atoms with Crippen LogP contribution in [0.1, 0.15) is 16.1 Å². The van der Waals surface area contributed by atoms with Crippen molar-refractivity contribution in [1.29, 1.82) is 0 Å². The predicted molar refractivity (Wildman–Crippen MR) is 127 cm³/mol. The summed E-state index contributed by atoms with van der Waals surface area (Å²) in [4.78, 5) is 20.7. The Labute approximate surface area is 193 Å². The van der Waals surface area contributed by atoms with Gasteiger partial charge >= 0.3 is 0 Å². The van der Waals surface area contributed by atoms with E-state index >= 15 is 0 Å². The monoisotopic (exact) mass is 495 g/mol. The van der Waals surface area contributed by atoms with E-state index in [1.807, 2.05) is 48.9 Å². The number of pyridine rings is 1. The molecular weight excluding hydrogens is 474 g/mol. The molecule has 1 amide bonds. The number of rotatable bonds is 6. The number of imidazole rings is 1. The second-order valence-corrected chi connectivity index (χ2v) is 7.99. The first kappa shape index (κ1) is 21.6. The number of hydrogen-bond donors (Lipinski definition) is 2. The van der Waals surface area contributed by atoms with Crippen LogP contribution in [-0.2, 0) is 7.05 Å². The first-order chi connectivity index (χ1) is 15.4. The fourth-order valence-corrected chi connectivity index (χ4v) is 3.50. The molecule has 8 nitrogen and oxygen atoms in total. The maximum absolute atomic E-state index is 11.9. The van der Waals surface area contributed by atoms with Crippen molar-refractivity contribution < 1.29 is 14.3 Å². The summed E-state index contributed by atoms with van der Waals surface area (Å²) in [6, 6.07) is 13.0. The normalized spacial score (nSPS) is 10.8. The number of halogens is 1. The second kappa shape index (κ2) is 8.88. The fourth-order valence-electron chi connectivity index (χ4n) is 3.26. The summed E-state index contributed by atoms with van der Waals surface area (Å²) in [7, 11) is 5.06. The number of fused-ring (bicyclic) bond motifs is 1. The van der Waals surface area contributed by atoms with Crippen molar-refractivity contribution in [1.82, 2.24) is 19.9 Å². The van der Waals surface area contributed by atoms with Gasteiger partial charge in [0.2, 0.25) is 5.95 Å². The number of aryl methyl sites for hydroxylation is 2. The van der Waals surface area contributed by atoms with Crippen LogP contribution in [0.15, 0.2) is 53.1 Å². The van der Waals surface area contributed by atoms with Crippen molar-refractivity contribution in [3.05, 3.63) is 64.4 Å². The minimum absolute atomic E-state index is 0.263. The smallest absolute Gasteiger partial charge is 0.269 e. The van der Waals surface area contributed by atoms with E-state index in [0.717, 1.165) is 26.8 Å². The third kappa shape index (κ3) is 4.24. The van der Waals surface area contributed by atoms with Gasteiger partial charge in [-0.2, -0.15) is 0 Å². The zero-order chi connectivity index (χ0) is 22.8. The largest absolute Gasteiger partial charge is 0.493 e. The molecule has 4 aromatic rings. The molecule has 2 N–H and O–H groups in total. The molecule has 2 aromatic heterocycles. The molecule has 0 saturated heterocycles. The zero-order valence-corrected chi connectivity index (χ0v) is 19.6. The lowest BCUT2D eigenvalue weighted by atomic mass is 10.2. The number of nitrogens with one attached hydrogen (secondary N) is 2. The van der Waals surface area contributed by atoms with Crippen LogP contribution in [0.5, 0.6) is 17.2 Å². The number of hydrogen-bond acceptors (Lipinski definition) is 6. The number of ether oxygens (including phenoxy) is 2. The number of methoxy groups -OCH3 is 1. The first-order valence-electron chi connectivity index (χ1n) is 9.83. The number of amides is 1. The number of benzene rings is 2. The summed E-state index contributed by atoms with van der Waals surface area (Å²) in [6.45, 7) is 2.04. The van der Waals surface area contributed by atoms with Crippen LogP contribution < -0.4 is 20.1 Å². The van der Waals surface area contributed by atoms with Crippen LogP contribution in [0.2, 0.25) is 0 Å². The average molecular weight is 496 g/mol. The molecule has 0 unspecified atom stereocenters. The van der Waals surface area contributed by atoms with Gasteiger partial charge in [-0.1, -0.05) is 15.9 Å². The van der Waals surface area contributed by atoms with Gasteiger partial charge in [0, 0.05) is 48.7 Å². The highest BCUT2D eigenvalue weighted by molar-refractivity contribution is 9.10. The summed E-state index contributed by atoms with van der Waals surface area (Å²) in [5.74, 6) is 1.90. The van der Waals surface area contributed by atoms with E-state index < -0.39 is 0 Å². The van der Waals surface area contributed by atoms with Crippen molar-refractivity contribution in [2.24, 2.45) is 7.05 Å². The SMILES string of the molecule is CNC(=O)c1cc(Oc2cc3nc(Nc4ccc(Br)c(C)c4)n(C)c3cc2OC)ccn1. The number of aromatic nitrogens is 3. The molecule has 0 aliphatic rings. The van der Waals surface area contributed by atoms with Crippen molar-refractivity contribution in [3.63, 3.8) is 0 Å². The zero-order valence-electron chi connectivity index (χ0n) is 18.1. The molecule has 164 valence electrons. The van der Waals surface area contributed by atoms with Gasteiger partial charge in [0.25, 0.3) is 5.91 Å². The molecule has 2 aromatic carbocycles. The standard InChI is InChI=1S/C23H22BrN5O3/c1-13-9-14(5-6-16(13)24)27-23-28-17-11-21(20(31-4)12-19(17)29(23)3)32-15-7-8-26-18(10-15)22(30)25-2/h5-12H,1-4H3,(H,25,30)(H,27,28). The van der Waals surface area contributed by atoms with Crippen molar-refractivity contribution in [3.8, 4) is 17.2 Å². The Balaban J connectivity index is 1.69. The highest BCUT2D eigenvalue weighted by atomic mass is 79.9. The van der Waals surface area contributed by atoms with Gasteiger partial charge in [0.05, 0.1) is 18.1 Å². The number of nitrogens with zero attached hydrogens (tertiary/aromatic N) is 3.